The summed E-state index contributed by atoms with van der Waals surface area (Å²) in [6.07, 6.45) is 4.48. The van der Waals surface area contributed by atoms with Crippen LogP contribution < -0.4 is 5.32 Å². The Balaban J connectivity index is 1.39. The fourth-order valence-corrected chi connectivity index (χ4v) is 3.38. The fraction of sp³-hybridized carbons (Fsp3) is 0.611. The van der Waals surface area contributed by atoms with Gasteiger partial charge in [0, 0.05) is 19.6 Å². The van der Waals surface area contributed by atoms with Gasteiger partial charge in [0.15, 0.2) is 0 Å². The quantitative estimate of drug-likeness (QED) is 0.906. The maximum atomic E-state index is 12.5. The lowest BCUT2D eigenvalue weighted by Gasteiger charge is -2.29. The Bertz CT molecular complexity index is 471. The molecule has 1 aromatic rings. The van der Waals surface area contributed by atoms with E-state index in [1.165, 1.54) is 12.0 Å². The molecule has 2 atom stereocenters. The van der Waals surface area contributed by atoms with Gasteiger partial charge >= 0.3 is 0 Å². The first-order valence-electron chi connectivity index (χ1n) is 8.47. The minimum absolute atomic E-state index is 0.00317. The molecule has 0 aromatic heterocycles. The second-order valence-electron chi connectivity index (χ2n) is 6.45. The molecule has 2 fully saturated rings. The Morgan fingerprint density at radius 2 is 1.95 bits per heavy atom. The summed E-state index contributed by atoms with van der Waals surface area (Å²) in [6.45, 7) is 4.14. The number of benzene rings is 1. The van der Waals surface area contributed by atoms with E-state index in [0.29, 0.717) is 18.4 Å². The van der Waals surface area contributed by atoms with E-state index in [4.69, 9.17) is 4.74 Å². The normalized spacial score (nSPS) is 25.4. The molecule has 2 heterocycles. The number of carbonyl (C=O) groups is 1. The molecule has 2 aliphatic rings. The first-order chi connectivity index (χ1) is 10.8. The summed E-state index contributed by atoms with van der Waals surface area (Å²) in [7, 11) is 0. The van der Waals surface area contributed by atoms with Gasteiger partial charge < -0.3 is 15.0 Å². The zero-order valence-electron chi connectivity index (χ0n) is 13.2. The molecular weight excluding hydrogens is 276 g/mol. The Labute approximate surface area is 132 Å². The molecule has 1 N–H and O–H groups in total. The van der Waals surface area contributed by atoms with Crippen molar-refractivity contribution in [1.82, 2.24) is 10.2 Å². The third-order valence-electron chi connectivity index (χ3n) is 4.65. The zero-order valence-corrected chi connectivity index (χ0v) is 13.2. The van der Waals surface area contributed by atoms with Crippen molar-refractivity contribution in [3.63, 3.8) is 0 Å². The van der Waals surface area contributed by atoms with E-state index < -0.39 is 0 Å². The number of nitrogens with one attached hydrogen (secondary N) is 1. The standard InChI is InChI=1S/C18H26N2O2/c21-18(20-9-5-2-6-10-20)17-11-16(12-19-17)14-22-13-15-7-3-1-4-8-15/h1,3-4,7-8,16-17,19H,2,5-6,9-14H2/t16?,17-/m0/s1. The largest absolute Gasteiger partial charge is 0.376 e. The minimum Gasteiger partial charge on any atom is -0.376 e. The van der Waals surface area contributed by atoms with Gasteiger partial charge in [-0.05, 0) is 37.2 Å². The second-order valence-corrected chi connectivity index (χ2v) is 6.45. The molecule has 2 aliphatic heterocycles. The second kappa shape index (κ2) is 7.75. The van der Waals surface area contributed by atoms with E-state index in [1.54, 1.807) is 0 Å². The smallest absolute Gasteiger partial charge is 0.239 e. The third kappa shape index (κ3) is 4.08. The molecule has 0 saturated carbocycles. The average Bonchev–Trinajstić information content (AvgIpc) is 3.05. The van der Waals surface area contributed by atoms with E-state index in [1.807, 2.05) is 23.1 Å². The van der Waals surface area contributed by atoms with Gasteiger partial charge in [-0.25, -0.2) is 0 Å². The van der Waals surface area contributed by atoms with Crippen molar-refractivity contribution in [2.75, 3.05) is 26.2 Å². The van der Waals surface area contributed by atoms with Crippen LogP contribution in [-0.4, -0.2) is 43.1 Å². The number of nitrogens with zero attached hydrogens (tertiary/aromatic N) is 1. The van der Waals surface area contributed by atoms with E-state index in [-0.39, 0.29) is 6.04 Å². The summed E-state index contributed by atoms with van der Waals surface area (Å²) >= 11 is 0. The Hall–Kier alpha value is -1.39. The fourth-order valence-electron chi connectivity index (χ4n) is 3.38. The molecule has 120 valence electrons. The van der Waals surface area contributed by atoms with Crippen LogP contribution in [0, 0.1) is 5.92 Å². The number of hydrogen-bond acceptors (Lipinski definition) is 3. The van der Waals surface area contributed by atoms with Crippen LogP contribution in [0.2, 0.25) is 0 Å². The van der Waals surface area contributed by atoms with Crippen LogP contribution in [0.25, 0.3) is 0 Å². The molecule has 0 radical (unpaired) electrons. The predicted molar refractivity (Wildman–Crippen MR) is 86.4 cm³/mol. The molecule has 0 spiro atoms. The Morgan fingerprint density at radius 3 is 2.73 bits per heavy atom. The number of amides is 1. The van der Waals surface area contributed by atoms with Crippen molar-refractivity contribution in [2.45, 2.75) is 38.3 Å². The monoisotopic (exact) mass is 302 g/mol. The SMILES string of the molecule is O=C([C@@H]1CC(COCc2ccccc2)CN1)N1CCCCC1. The zero-order chi connectivity index (χ0) is 15.2. The van der Waals surface area contributed by atoms with Gasteiger partial charge in [0.1, 0.15) is 0 Å². The summed E-state index contributed by atoms with van der Waals surface area (Å²) in [6, 6.07) is 10.2. The summed E-state index contributed by atoms with van der Waals surface area (Å²) in [5, 5.41) is 3.38. The van der Waals surface area contributed by atoms with Gasteiger partial charge in [-0.3, -0.25) is 4.79 Å². The Morgan fingerprint density at radius 1 is 1.18 bits per heavy atom. The maximum absolute atomic E-state index is 12.5. The van der Waals surface area contributed by atoms with Crippen LogP contribution in [0.15, 0.2) is 30.3 Å². The topological polar surface area (TPSA) is 41.6 Å². The summed E-state index contributed by atoms with van der Waals surface area (Å²) < 4.78 is 5.81. The maximum Gasteiger partial charge on any atom is 0.239 e. The minimum atomic E-state index is 0.00317. The number of rotatable bonds is 5. The van der Waals surface area contributed by atoms with Crippen molar-refractivity contribution in [1.29, 1.82) is 0 Å². The predicted octanol–water partition coefficient (Wildman–Crippen LogP) is 2.19. The summed E-state index contributed by atoms with van der Waals surface area (Å²) in [5.74, 6) is 0.743. The van der Waals surface area contributed by atoms with Crippen molar-refractivity contribution in [2.24, 2.45) is 5.92 Å². The molecule has 0 aliphatic carbocycles. The third-order valence-corrected chi connectivity index (χ3v) is 4.65. The van der Waals surface area contributed by atoms with Crippen LogP contribution in [0.5, 0.6) is 0 Å². The van der Waals surface area contributed by atoms with E-state index in [2.05, 4.69) is 17.4 Å². The number of carbonyl (C=O) groups excluding carboxylic acids is 1. The molecule has 0 bridgehead atoms. The lowest BCUT2D eigenvalue weighted by atomic mass is 10.0. The van der Waals surface area contributed by atoms with Crippen LogP contribution in [-0.2, 0) is 16.1 Å². The lowest BCUT2D eigenvalue weighted by Crippen LogP contribution is -2.45. The molecular formula is C18H26N2O2. The summed E-state index contributed by atoms with van der Waals surface area (Å²) in [4.78, 5) is 14.5. The average molecular weight is 302 g/mol. The lowest BCUT2D eigenvalue weighted by molar-refractivity contribution is -0.134. The number of likely N-dealkylation sites (tertiary alicyclic amines) is 1. The number of hydrogen-bond donors (Lipinski definition) is 1. The molecule has 3 rings (SSSR count). The molecule has 4 nitrogen and oxygen atoms in total. The number of ether oxygens (including phenoxy) is 1. The van der Waals surface area contributed by atoms with Crippen molar-refractivity contribution in [3.8, 4) is 0 Å². The molecule has 2 saturated heterocycles. The van der Waals surface area contributed by atoms with Gasteiger partial charge in [-0.15, -0.1) is 0 Å². The van der Waals surface area contributed by atoms with Gasteiger partial charge in [0.2, 0.25) is 5.91 Å². The molecule has 1 aromatic carbocycles. The van der Waals surface area contributed by atoms with E-state index >= 15 is 0 Å². The molecule has 22 heavy (non-hydrogen) atoms. The highest BCUT2D eigenvalue weighted by Crippen LogP contribution is 2.19. The molecule has 1 unspecified atom stereocenters. The van der Waals surface area contributed by atoms with Gasteiger partial charge in [0.05, 0.1) is 19.3 Å². The first kappa shape index (κ1) is 15.5. The Kier molecular flexibility index (Phi) is 5.46. The van der Waals surface area contributed by atoms with Gasteiger partial charge in [-0.1, -0.05) is 30.3 Å². The first-order valence-corrected chi connectivity index (χ1v) is 8.47. The number of piperidine rings is 1. The summed E-state index contributed by atoms with van der Waals surface area (Å²) in [5.41, 5.74) is 1.20. The van der Waals surface area contributed by atoms with Crippen LogP contribution in [0.1, 0.15) is 31.2 Å². The highest BCUT2D eigenvalue weighted by atomic mass is 16.5. The van der Waals surface area contributed by atoms with E-state index in [9.17, 15) is 4.79 Å². The van der Waals surface area contributed by atoms with Crippen molar-refractivity contribution >= 4 is 5.91 Å². The molecule has 1 amide bonds. The highest BCUT2D eigenvalue weighted by Gasteiger charge is 2.32. The highest BCUT2D eigenvalue weighted by molar-refractivity contribution is 5.82. The van der Waals surface area contributed by atoms with E-state index in [0.717, 1.165) is 45.5 Å². The van der Waals surface area contributed by atoms with Gasteiger partial charge in [-0.2, -0.15) is 0 Å². The van der Waals surface area contributed by atoms with Crippen molar-refractivity contribution in [3.05, 3.63) is 35.9 Å². The molecule has 4 heteroatoms. The van der Waals surface area contributed by atoms with Crippen LogP contribution in [0.4, 0.5) is 0 Å². The van der Waals surface area contributed by atoms with Gasteiger partial charge in [0.25, 0.3) is 0 Å². The van der Waals surface area contributed by atoms with Crippen LogP contribution in [0.3, 0.4) is 0 Å². The van der Waals surface area contributed by atoms with Crippen molar-refractivity contribution < 1.29 is 9.53 Å². The van der Waals surface area contributed by atoms with Crippen LogP contribution >= 0.6 is 0 Å².